The Morgan fingerprint density at radius 3 is 2.82 bits per heavy atom. The lowest BCUT2D eigenvalue weighted by atomic mass is 10.0. The van der Waals surface area contributed by atoms with E-state index in [-0.39, 0.29) is 17.9 Å². The lowest BCUT2D eigenvalue weighted by Crippen LogP contribution is -2.41. The molecule has 0 fully saturated rings. The molecule has 0 radical (unpaired) electrons. The molecule has 5 nitrogen and oxygen atoms in total. The first-order valence-electron chi connectivity index (χ1n) is 5.91. The van der Waals surface area contributed by atoms with Crippen LogP contribution in [0, 0.1) is 5.92 Å². The fourth-order valence-corrected chi connectivity index (χ4v) is 1.71. The topological polar surface area (TPSA) is 56.2 Å². The Balaban J connectivity index is 2.61. The Kier molecular flexibility index (Phi) is 5.15. The van der Waals surface area contributed by atoms with Crippen molar-refractivity contribution < 1.29 is 9.53 Å². The Hall–Kier alpha value is -1.36. The van der Waals surface area contributed by atoms with Gasteiger partial charge in [0.1, 0.15) is 11.9 Å². The summed E-state index contributed by atoms with van der Waals surface area (Å²) in [5.74, 6) is 0.893. The number of ether oxygens (including phenoxy) is 1. The number of rotatable bonds is 6. The van der Waals surface area contributed by atoms with E-state index in [9.17, 15) is 4.79 Å². The van der Waals surface area contributed by atoms with Crippen LogP contribution in [-0.4, -0.2) is 28.7 Å². The highest BCUT2D eigenvalue weighted by atomic mass is 16.5. The number of esters is 1. The molecular formula is C12H21N3O2. The predicted molar refractivity (Wildman–Crippen MR) is 65.4 cm³/mol. The highest BCUT2D eigenvalue weighted by Crippen LogP contribution is 2.05. The van der Waals surface area contributed by atoms with E-state index in [0.29, 0.717) is 6.54 Å². The van der Waals surface area contributed by atoms with Gasteiger partial charge in [-0.1, -0.05) is 13.8 Å². The molecule has 5 heteroatoms. The van der Waals surface area contributed by atoms with Gasteiger partial charge >= 0.3 is 5.97 Å². The summed E-state index contributed by atoms with van der Waals surface area (Å²) in [5.41, 5.74) is 0. The minimum atomic E-state index is -0.290. The van der Waals surface area contributed by atoms with Crippen LogP contribution in [-0.2, 0) is 22.6 Å². The highest BCUT2D eigenvalue weighted by molar-refractivity contribution is 5.75. The van der Waals surface area contributed by atoms with Crippen molar-refractivity contribution in [3.8, 4) is 0 Å². The smallest absolute Gasteiger partial charge is 0.323 e. The van der Waals surface area contributed by atoms with Gasteiger partial charge in [0.05, 0.1) is 13.7 Å². The van der Waals surface area contributed by atoms with Gasteiger partial charge in [-0.25, -0.2) is 4.98 Å². The number of imidazole rings is 1. The molecule has 0 amide bonds. The van der Waals surface area contributed by atoms with E-state index in [1.54, 1.807) is 6.20 Å². The zero-order chi connectivity index (χ0) is 12.8. The number of hydrogen-bond acceptors (Lipinski definition) is 4. The molecule has 1 rings (SSSR count). The molecule has 0 saturated carbocycles. The molecule has 0 spiro atoms. The zero-order valence-corrected chi connectivity index (χ0v) is 10.9. The van der Waals surface area contributed by atoms with Gasteiger partial charge in [-0.3, -0.25) is 10.1 Å². The lowest BCUT2D eigenvalue weighted by molar-refractivity contribution is -0.144. The van der Waals surface area contributed by atoms with E-state index < -0.39 is 0 Å². The van der Waals surface area contributed by atoms with Gasteiger partial charge in [0, 0.05) is 18.9 Å². The Bertz CT molecular complexity index is 360. The van der Waals surface area contributed by atoms with Crippen molar-refractivity contribution in [2.45, 2.75) is 39.9 Å². The molecule has 1 heterocycles. The third-order valence-corrected chi connectivity index (χ3v) is 2.74. The maximum atomic E-state index is 11.6. The van der Waals surface area contributed by atoms with Crippen LogP contribution >= 0.6 is 0 Å². The molecule has 96 valence electrons. The fourth-order valence-electron chi connectivity index (χ4n) is 1.71. The number of nitrogens with zero attached hydrogens (tertiary/aromatic N) is 2. The van der Waals surface area contributed by atoms with Gasteiger partial charge < -0.3 is 9.30 Å². The molecule has 0 bridgehead atoms. The van der Waals surface area contributed by atoms with Gasteiger partial charge in [0.25, 0.3) is 0 Å². The molecule has 0 saturated heterocycles. The van der Waals surface area contributed by atoms with E-state index >= 15 is 0 Å². The maximum absolute atomic E-state index is 11.6. The van der Waals surface area contributed by atoms with Crippen LogP contribution < -0.4 is 5.32 Å². The molecule has 1 aromatic heterocycles. The monoisotopic (exact) mass is 239 g/mol. The van der Waals surface area contributed by atoms with Gasteiger partial charge in [-0.05, 0) is 12.8 Å². The second-order valence-corrected chi connectivity index (χ2v) is 4.26. The first kappa shape index (κ1) is 13.7. The molecule has 0 aliphatic rings. The first-order chi connectivity index (χ1) is 8.10. The molecule has 1 unspecified atom stereocenters. The third-order valence-electron chi connectivity index (χ3n) is 2.74. The average molecular weight is 239 g/mol. The van der Waals surface area contributed by atoms with Crippen molar-refractivity contribution in [1.82, 2.24) is 14.9 Å². The predicted octanol–water partition coefficient (Wildman–Crippen LogP) is 1.19. The summed E-state index contributed by atoms with van der Waals surface area (Å²) < 4.78 is 6.81. The summed E-state index contributed by atoms with van der Waals surface area (Å²) in [4.78, 5) is 15.8. The van der Waals surface area contributed by atoms with E-state index in [0.717, 1.165) is 12.4 Å². The van der Waals surface area contributed by atoms with Crippen LogP contribution in [0.1, 0.15) is 26.6 Å². The molecule has 1 atom stereocenters. The quantitative estimate of drug-likeness (QED) is 0.758. The highest BCUT2D eigenvalue weighted by Gasteiger charge is 2.22. The molecule has 0 aliphatic carbocycles. The van der Waals surface area contributed by atoms with Crippen molar-refractivity contribution in [1.29, 1.82) is 0 Å². The summed E-state index contributed by atoms with van der Waals surface area (Å²) >= 11 is 0. The molecule has 1 aromatic rings. The number of carbonyl (C=O) groups is 1. The van der Waals surface area contributed by atoms with E-state index in [2.05, 4.69) is 17.2 Å². The van der Waals surface area contributed by atoms with Crippen molar-refractivity contribution in [2.75, 3.05) is 7.11 Å². The first-order valence-corrected chi connectivity index (χ1v) is 5.91. The zero-order valence-electron chi connectivity index (χ0n) is 10.9. The fraction of sp³-hybridized carbons (Fsp3) is 0.667. The number of hydrogen-bond donors (Lipinski definition) is 1. The number of carbonyl (C=O) groups excluding carboxylic acids is 1. The summed E-state index contributed by atoms with van der Waals surface area (Å²) in [6.45, 7) is 7.48. The third kappa shape index (κ3) is 3.56. The van der Waals surface area contributed by atoms with E-state index in [4.69, 9.17) is 4.74 Å². The van der Waals surface area contributed by atoms with Crippen LogP contribution in [0.4, 0.5) is 0 Å². The van der Waals surface area contributed by atoms with Gasteiger partial charge in [0.15, 0.2) is 0 Å². The Labute approximate surface area is 102 Å². The molecule has 0 aliphatic heterocycles. The largest absolute Gasteiger partial charge is 0.468 e. The van der Waals surface area contributed by atoms with E-state index in [1.807, 2.05) is 24.6 Å². The van der Waals surface area contributed by atoms with Gasteiger partial charge in [-0.15, -0.1) is 0 Å². The van der Waals surface area contributed by atoms with Crippen LogP contribution in [0.3, 0.4) is 0 Å². The second kappa shape index (κ2) is 6.39. The maximum Gasteiger partial charge on any atom is 0.323 e. The van der Waals surface area contributed by atoms with Crippen LogP contribution in [0.2, 0.25) is 0 Å². The second-order valence-electron chi connectivity index (χ2n) is 4.26. The van der Waals surface area contributed by atoms with Crippen LogP contribution in [0.5, 0.6) is 0 Å². The number of methoxy groups -OCH3 is 1. The number of nitrogens with one attached hydrogen (secondary N) is 1. The summed E-state index contributed by atoms with van der Waals surface area (Å²) in [7, 11) is 1.41. The Morgan fingerprint density at radius 2 is 2.29 bits per heavy atom. The Morgan fingerprint density at radius 1 is 1.59 bits per heavy atom. The number of aryl methyl sites for hydroxylation is 1. The van der Waals surface area contributed by atoms with Gasteiger partial charge in [-0.2, -0.15) is 0 Å². The van der Waals surface area contributed by atoms with Crippen molar-refractivity contribution >= 4 is 5.97 Å². The minimum Gasteiger partial charge on any atom is -0.468 e. The normalized spacial score (nSPS) is 12.8. The minimum absolute atomic E-state index is 0.187. The van der Waals surface area contributed by atoms with Crippen molar-refractivity contribution in [3.63, 3.8) is 0 Å². The number of aromatic nitrogens is 2. The molecule has 1 N–H and O–H groups in total. The molecule has 17 heavy (non-hydrogen) atoms. The summed E-state index contributed by atoms with van der Waals surface area (Å²) in [6, 6.07) is -0.290. The van der Waals surface area contributed by atoms with Crippen LogP contribution in [0.25, 0.3) is 0 Å². The summed E-state index contributed by atoms with van der Waals surface area (Å²) in [5, 5.41) is 3.19. The van der Waals surface area contributed by atoms with Crippen molar-refractivity contribution in [2.24, 2.45) is 5.92 Å². The van der Waals surface area contributed by atoms with E-state index in [1.165, 1.54) is 7.11 Å². The average Bonchev–Trinajstić information content (AvgIpc) is 2.75. The molecular weight excluding hydrogens is 218 g/mol. The SMILES string of the molecule is CCn1ccnc1CNC(C(=O)OC)C(C)C. The standard InChI is InChI=1S/C12H21N3O2/c1-5-15-7-6-13-10(15)8-14-11(9(2)3)12(16)17-4/h6-7,9,11,14H,5,8H2,1-4H3. The van der Waals surface area contributed by atoms with Crippen molar-refractivity contribution in [3.05, 3.63) is 18.2 Å². The van der Waals surface area contributed by atoms with Crippen LogP contribution in [0.15, 0.2) is 12.4 Å². The van der Waals surface area contributed by atoms with Gasteiger partial charge in [0.2, 0.25) is 0 Å². The molecule has 0 aromatic carbocycles. The summed E-state index contributed by atoms with van der Waals surface area (Å²) in [6.07, 6.45) is 3.70. The lowest BCUT2D eigenvalue weighted by Gasteiger charge is -2.19.